The zero-order chi connectivity index (χ0) is 9.56. The first-order chi connectivity index (χ1) is 5.70. The number of hydrogen-bond donors (Lipinski definition) is 1. The van der Waals surface area contributed by atoms with Gasteiger partial charge < -0.3 is 5.73 Å². The normalized spacial score (nSPS) is 8.00. The van der Waals surface area contributed by atoms with Gasteiger partial charge in [-0.2, -0.15) is 0 Å². The number of rotatable bonds is 1. The predicted octanol–water partition coefficient (Wildman–Crippen LogP) is 1.98. The van der Waals surface area contributed by atoms with Gasteiger partial charge in [-0.05, 0) is 12.1 Å². The van der Waals surface area contributed by atoms with Crippen LogP contribution in [0, 0.1) is 10.1 Å². The van der Waals surface area contributed by atoms with Crippen molar-refractivity contribution < 1.29 is 4.92 Å². The second-order valence-corrected chi connectivity index (χ2v) is 1.85. The molecule has 0 heterocycles. The lowest BCUT2D eigenvalue weighted by Crippen LogP contribution is -1.88. The molecule has 64 valence electrons. The van der Waals surface area contributed by atoms with Crippen molar-refractivity contribution in [2.75, 3.05) is 5.73 Å². The van der Waals surface area contributed by atoms with Crippen molar-refractivity contribution in [3.63, 3.8) is 0 Å². The second kappa shape index (κ2) is 4.90. The van der Waals surface area contributed by atoms with Crippen molar-refractivity contribution >= 4 is 11.4 Å². The highest BCUT2D eigenvalue weighted by atomic mass is 16.6. The van der Waals surface area contributed by atoms with E-state index < -0.39 is 4.92 Å². The van der Waals surface area contributed by atoms with E-state index in [2.05, 4.69) is 13.2 Å². The predicted molar refractivity (Wildman–Crippen MR) is 48.8 cm³/mol. The summed E-state index contributed by atoms with van der Waals surface area (Å²) < 4.78 is 0. The minimum atomic E-state index is -0.459. The van der Waals surface area contributed by atoms with Crippen LogP contribution in [0.5, 0.6) is 0 Å². The highest BCUT2D eigenvalue weighted by Gasteiger charge is 2.00. The maximum Gasteiger partial charge on any atom is 0.269 e. The van der Waals surface area contributed by atoms with E-state index in [0.717, 1.165) is 0 Å². The van der Waals surface area contributed by atoms with Gasteiger partial charge in [0.15, 0.2) is 0 Å². The van der Waals surface area contributed by atoms with Crippen molar-refractivity contribution in [3.05, 3.63) is 47.5 Å². The molecule has 0 radical (unpaired) electrons. The first-order valence-corrected chi connectivity index (χ1v) is 3.20. The summed E-state index contributed by atoms with van der Waals surface area (Å²) in [7, 11) is 0. The lowest BCUT2D eigenvalue weighted by atomic mass is 10.3. The number of non-ortho nitro benzene ring substituents is 1. The molecule has 0 fully saturated rings. The molecule has 1 rings (SSSR count). The van der Waals surface area contributed by atoms with Gasteiger partial charge in [0.2, 0.25) is 0 Å². The molecule has 0 aromatic heterocycles. The first kappa shape index (κ1) is 10.2. The van der Waals surface area contributed by atoms with E-state index in [-0.39, 0.29) is 5.69 Å². The number of nitro groups is 1. The van der Waals surface area contributed by atoms with Crippen LogP contribution in [0.25, 0.3) is 0 Å². The van der Waals surface area contributed by atoms with Gasteiger partial charge in [-0.1, -0.05) is 0 Å². The molecule has 2 N–H and O–H groups in total. The minimum Gasteiger partial charge on any atom is -0.399 e. The van der Waals surface area contributed by atoms with Crippen LogP contribution < -0.4 is 5.73 Å². The molecule has 0 saturated carbocycles. The van der Waals surface area contributed by atoms with Gasteiger partial charge in [0.1, 0.15) is 0 Å². The molecular weight excluding hydrogens is 156 g/mol. The monoisotopic (exact) mass is 166 g/mol. The van der Waals surface area contributed by atoms with E-state index in [1.165, 1.54) is 24.3 Å². The molecule has 0 atom stereocenters. The molecule has 0 saturated heterocycles. The van der Waals surface area contributed by atoms with Crippen molar-refractivity contribution in [2.24, 2.45) is 0 Å². The van der Waals surface area contributed by atoms with Gasteiger partial charge in [0.25, 0.3) is 5.69 Å². The Morgan fingerprint density at radius 3 is 2.00 bits per heavy atom. The average Bonchev–Trinajstić information content (AvgIpc) is 2.09. The summed E-state index contributed by atoms with van der Waals surface area (Å²) in [5.41, 5.74) is 5.90. The van der Waals surface area contributed by atoms with E-state index in [1.54, 1.807) is 0 Å². The highest BCUT2D eigenvalue weighted by molar-refractivity contribution is 5.44. The number of hydrogen-bond acceptors (Lipinski definition) is 3. The van der Waals surface area contributed by atoms with E-state index in [0.29, 0.717) is 5.69 Å². The zero-order valence-electron chi connectivity index (χ0n) is 6.56. The summed E-state index contributed by atoms with van der Waals surface area (Å²) in [5.74, 6) is 0. The summed E-state index contributed by atoms with van der Waals surface area (Å²) in [6, 6.07) is 5.74. The fourth-order valence-corrected chi connectivity index (χ4v) is 0.596. The SMILES string of the molecule is C=C.Nc1ccc([N+](=O)[O-])cc1. The fourth-order valence-electron chi connectivity index (χ4n) is 0.596. The molecule has 0 aliphatic carbocycles. The van der Waals surface area contributed by atoms with Crippen LogP contribution in [-0.4, -0.2) is 4.92 Å². The number of anilines is 1. The molecule has 1 aromatic rings. The standard InChI is InChI=1S/C6H6N2O2.C2H4/c7-5-1-3-6(4-2-5)8(9)10;1-2/h1-4H,7H2;1-2H2. The minimum absolute atomic E-state index is 0.0641. The molecule has 4 heteroatoms. The quantitative estimate of drug-likeness (QED) is 0.300. The number of nitro benzene ring substituents is 1. The van der Waals surface area contributed by atoms with E-state index in [4.69, 9.17) is 5.73 Å². The smallest absolute Gasteiger partial charge is 0.269 e. The zero-order valence-corrected chi connectivity index (χ0v) is 6.56. The summed E-state index contributed by atoms with van der Waals surface area (Å²) in [6.07, 6.45) is 0. The van der Waals surface area contributed by atoms with Crippen molar-refractivity contribution in [1.82, 2.24) is 0 Å². The van der Waals surface area contributed by atoms with Crippen LogP contribution in [0.1, 0.15) is 0 Å². The number of nitrogens with two attached hydrogens (primary N) is 1. The summed E-state index contributed by atoms with van der Waals surface area (Å²) in [5, 5.41) is 10.1. The van der Waals surface area contributed by atoms with Crippen LogP contribution in [-0.2, 0) is 0 Å². The molecule has 0 spiro atoms. The van der Waals surface area contributed by atoms with Gasteiger partial charge in [0.05, 0.1) is 4.92 Å². The van der Waals surface area contributed by atoms with E-state index >= 15 is 0 Å². The second-order valence-electron chi connectivity index (χ2n) is 1.85. The van der Waals surface area contributed by atoms with Gasteiger partial charge in [0, 0.05) is 17.8 Å². The molecule has 0 bridgehead atoms. The van der Waals surface area contributed by atoms with Crippen LogP contribution in [0.2, 0.25) is 0 Å². The topological polar surface area (TPSA) is 69.2 Å². The fraction of sp³-hybridized carbons (Fsp3) is 0. The maximum absolute atomic E-state index is 10.1. The van der Waals surface area contributed by atoms with Gasteiger partial charge in [-0.3, -0.25) is 10.1 Å². The Bertz CT molecular complexity index is 256. The lowest BCUT2D eigenvalue weighted by molar-refractivity contribution is -0.384. The molecule has 0 aliphatic rings. The Morgan fingerprint density at radius 1 is 1.25 bits per heavy atom. The van der Waals surface area contributed by atoms with Gasteiger partial charge >= 0.3 is 0 Å². The maximum atomic E-state index is 10.1. The Morgan fingerprint density at radius 2 is 1.67 bits per heavy atom. The Hall–Kier alpha value is -1.84. The van der Waals surface area contributed by atoms with Crippen LogP contribution in [0.15, 0.2) is 37.4 Å². The van der Waals surface area contributed by atoms with Crippen molar-refractivity contribution in [3.8, 4) is 0 Å². The Kier molecular flexibility index (Phi) is 4.15. The third-order valence-electron chi connectivity index (χ3n) is 1.10. The molecular formula is C8H10N2O2. The van der Waals surface area contributed by atoms with Crippen molar-refractivity contribution in [2.45, 2.75) is 0 Å². The number of nitrogens with zero attached hydrogens (tertiary/aromatic N) is 1. The third-order valence-corrected chi connectivity index (χ3v) is 1.10. The van der Waals surface area contributed by atoms with Crippen molar-refractivity contribution in [1.29, 1.82) is 0 Å². The van der Waals surface area contributed by atoms with Crippen LogP contribution in [0.4, 0.5) is 11.4 Å². The van der Waals surface area contributed by atoms with E-state index in [1.807, 2.05) is 0 Å². The van der Waals surface area contributed by atoms with Crippen LogP contribution >= 0.6 is 0 Å². The summed E-state index contributed by atoms with van der Waals surface area (Å²) in [6.45, 7) is 6.00. The van der Waals surface area contributed by atoms with E-state index in [9.17, 15) is 10.1 Å². The Balaban J connectivity index is 0.000000561. The summed E-state index contributed by atoms with van der Waals surface area (Å²) >= 11 is 0. The molecule has 4 nitrogen and oxygen atoms in total. The van der Waals surface area contributed by atoms with Gasteiger partial charge in [-0.25, -0.2) is 0 Å². The molecule has 1 aromatic carbocycles. The average molecular weight is 166 g/mol. The van der Waals surface area contributed by atoms with Gasteiger partial charge in [-0.15, -0.1) is 13.2 Å². The Labute approximate surface area is 70.5 Å². The third kappa shape index (κ3) is 2.83. The number of nitrogen functional groups attached to an aromatic ring is 1. The number of benzene rings is 1. The first-order valence-electron chi connectivity index (χ1n) is 3.20. The largest absolute Gasteiger partial charge is 0.399 e. The molecule has 0 unspecified atom stereocenters. The molecule has 0 aliphatic heterocycles. The molecule has 0 amide bonds. The van der Waals surface area contributed by atoms with Crippen LogP contribution in [0.3, 0.4) is 0 Å². The highest BCUT2D eigenvalue weighted by Crippen LogP contribution is 2.11. The molecule has 12 heavy (non-hydrogen) atoms. The lowest BCUT2D eigenvalue weighted by Gasteiger charge is -1.90. The summed E-state index contributed by atoms with van der Waals surface area (Å²) in [4.78, 5) is 9.62.